The minimum atomic E-state index is -8.57. The second-order valence-corrected chi connectivity index (χ2v) is 5.38. The molecule has 0 saturated carbocycles. The van der Waals surface area contributed by atoms with E-state index >= 15 is 0 Å². The Morgan fingerprint density at radius 3 is 1.00 bits per heavy atom. The SMILES string of the molecule is O=C(O)C(F)(F)C(F)(F)C(F)(F)C(F)(F)C(F)(F)OC(F)(F)C(F)(F)C(F)(F)C(F)(F)F. The van der Waals surface area contributed by atoms with E-state index in [9.17, 15) is 88.2 Å². The molecule has 0 aromatic heterocycles. The maximum atomic E-state index is 13.1. The fourth-order valence-corrected chi connectivity index (χ4v) is 1.36. The molecule has 0 saturated heterocycles. The molecule has 0 unspecified atom stereocenters. The minimum Gasteiger partial charge on any atom is -0.477 e. The third-order valence-corrected chi connectivity index (χ3v) is 3.19. The summed E-state index contributed by atoms with van der Waals surface area (Å²) in [7, 11) is 0. The fraction of sp³-hybridized carbons (Fsp3) is 0.900. The van der Waals surface area contributed by atoms with Crippen LogP contribution in [0, 0.1) is 0 Å². The average molecular weight is 530 g/mol. The van der Waals surface area contributed by atoms with E-state index in [2.05, 4.69) is 0 Å². The number of halogens is 19. The maximum Gasteiger partial charge on any atom is 0.460 e. The summed E-state index contributed by atoms with van der Waals surface area (Å²) in [6.45, 7) is 0. The molecule has 3 nitrogen and oxygen atoms in total. The normalized spacial score (nSPS) is 16.3. The van der Waals surface area contributed by atoms with Crippen LogP contribution < -0.4 is 0 Å². The van der Waals surface area contributed by atoms with Crippen LogP contribution in [0.15, 0.2) is 0 Å². The van der Waals surface area contributed by atoms with Gasteiger partial charge in [-0.2, -0.15) is 83.4 Å². The molecule has 0 aliphatic rings. The highest BCUT2D eigenvalue weighted by atomic mass is 19.4. The van der Waals surface area contributed by atoms with Crippen molar-refractivity contribution in [1.29, 1.82) is 0 Å². The number of carbonyl (C=O) groups is 1. The lowest BCUT2D eigenvalue weighted by molar-refractivity contribution is -0.521. The molecule has 0 radical (unpaired) electrons. The first kappa shape index (κ1) is 30.1. The summed E-state index contributed by atoms with van der Waals surface area (Å²) in [5.74, 6) is -53.5. The zero-order chi connectivity index (χ0) is 26.8. The molecule has 0 heterocycles. The van der Waals surface area contributed by atoms with E-state index in [1.807, 2.05) is 0 Å². The molecule has 0 aliphatic carbocycles. The van der Waals surface area contributed by atoms with Crippen LogP contribution in [0.4, 0.5) is 83.4 Å². The van der Waals surface area contributed by atoms with Gasteiger partial charge < -0.3 is 5.11 Å². The molecular formula is C10HF19O3. The van der Waals surface area contributed by atoms with Gasteiger partial charge in [0.25, 0.3) is 0 Å². The minimum absolute atomic E-state index is 0.939. The molecule has 0 spiro atoms. The molecule has 0 bridgehead atoms. The predicted octanol–water partition coefficient (Wildman–Crippen LogP) is 5.65. The Kier molecular flexibility index (Phi) is 6.87. The summed E-state index contributed by atoms with van der Waals surface area (Å²) in [5.41, 5.74) is 0. The van der Waals surface area contributed by atoms with Gasteiger partial charge in [0.1, 0.15) is 0 Å². The van der Waals surface area contributed by atoms with E-state index in [1.54, 1.807) is 0 Å². The van der Waals surface area contributed by atoms with Crippen molar-refractivity contribution in [3.63, 3.8) is 0 Å². The van der Waals surface area contributed by atoms with Gasteiger partial charge in [0.2, 0.25) is 0 Å². The Bertz CT molecular complexity index is 719. The first-order chi connectivity index (χ1) is 13.4. The molecule has 0 atom stereocenters. The number of ether oxygens (including phenoxy) is 1. The zero-order valence-corrected chi connectivity index (χ0v) is 13.4. The Hall–Kier alpha value is -1.90. The van der Waals surface area contributed by atoms with Crippen LogP contribution in [-0.2, 0) is 9.53 Å². The first-order valence-corrected chi connectivity index (χ1v) is 6.43. The van der Waals surface area contributed by atoms with Gasteiger partial charge in [-0.25, -0.2) is 9.53 Å². The average Bonchev–Trinajstić information content (AvgIpc) is 2.51. The molecule has 0 aromatic carbocycles. The van der Waals surface area contributed by atoms with E-state index in [0.717, 1.165) is 4.74 Å². The van der Waals surface area contributed by atoms with Crippen molar-refractivity contribution in [2.45, 2.75) is 53.9 Å². The van der Waals surface area contributed by atoms with Crippen molar-refractivity contribution in [3.05, 3.63) is 0 Å². The highest BCUT2D eigenvalue weighted by Gasteiger charge is 2.91. The summed E-state index contributed by atoms with van der Waals surface area (Å²) in [6, 6.07) is 0. The third-order valence-electron chi connectivity index (χ3n) is 3.19. The zero-order valence-electron chi connectivity index (χ0n) is 13.4. The van der Waals surface area contributed by atoms with Crippen molar-refractivity contribution in [1.82, 2.24) is 0 Å². The number of alkyl halides is 19. The molecule has 0 aliphatic heterocycles. The Morgan fingerprint density at radius 2 is 0.750 bits per heavy atom. The summed E-state index contributed by atoms with van der Waals surface area (Å²) in [6.07, 6.45) is -24.3. The summed E-state index contributed by atoms with van der Waals surface area (Å²) in [5, 5.41) is 7.63. The lowest BCUT2D eigenvalue weighted by Crippen LogP contribution is -2.71. The Labute approximate surface area is 159 Å². The molecule has 0 aromatic rings. The second kappa shape index (κ2) is 7.30. The molecule has 1 N–H and O–H groups in total. The Morgan fingerprint density at radius 1 is 0.469 bits per heavy atom. The van der Waals surface area contributed by atoms with Crippen molar-refractivity contribution < 1.29 is 98.1 Å². The maximum absolute atomic E-state index is 13.1. The molecule has 0 fully saturated rings. The summed E-state index contributed by atoms with van der Waals surface area (Å²) in [4.78, 5) is 9.82. The first-order valence-electron chi connectivity index (χ1n) is 6.43. The van der Waals surface area contributed by atoms with Crippen molar-refractivity contribution in [3.8, 4) is 0 Å². The molecule has 0 rings (SSSR count). The van der Waals surface area contributed by atoms with E-state index in [1.165, 1.54) is 0 Å². The summed E-state index contributed by atoms with van der Waals surface area (Å²) >= 11 is 0. The van der Waals surface area contributed by atoms with E-state index in [4.69, 9.17) is 5.11 Å². The molecule has 192 valence electrons. The van der Waals surface area contributed by atoms with Crippen LogP contribution in [0.1, 0.15) is 0 Å². The van der Waals surface area contributed by atoms with Crippen LogP contribution in [-0.4, -0.2) is 65.0 Å². The number of rotatable bonds is 9. The standard InChI is InChI=1S/C10HF19O3/c11-2(12,1(30)31)3(13,14)4(15,16)6(19,20)9(26,27)32-10(28,29)7(21,22)5(17,18)8(23,24)25/h(H,30,31). The smallest absolute Gasteiger partial charge is 0.460 e. The largest absolute Gasteiger partial charge is 0.477 e. The van der Waals surface area contributed by atoms with Gasteiger partial charge in [0, 0.05) is 0 Å². The van der Waals surface area contributed by atoms with Crippen molar-refractivity contribution in [2.75, 3.05) is 0 Å². The number of carboxylic acid groups (broad SMARTS) is 1. The van der Waals surface area contributed by atoms with Crippen LogP contribution in [0.5, 0.6) is 0 Å². The molecule has 32 heavy (non-hydrogen) atoms. The van der Waals surface area contributed by atoms with Gasteiger partial charge in [-0.05, 0) is 0 Å². The van der Waals surface area contributed by atoms with E-state index in [-0.39, 0.29) is 0 Å². The monoisotopic (exact) mass is 530 g/mol. The van der Waals surface area contributed by atoms with Gasteiger partial charge in [-0.3, -0.25) is 0 Å². The topological polar surface area (TPSA) is 46.5 Å². The summed E-state index contributed by atoms with van der Waals surface area (Å²) < 4.78 is 242. The second-order valence-electron chi connectivity index (χ2n) is 5.38. The number of aliphatic carboxylic acids is 1. The molecule has 0 amide bonds. The van der Waals surface area contributed by atoms with Crippen LogP contribution in [0.3, 0.4) is 0 Å². The Balaban J connectivity index is 6.55. The van der Waals surface area contributed by atoms with Crippen LogP contribution >= 0.6 is 0 Å². The number of hydrogen-bond donors (Lipinski definition) is 1. The van der Waals surface area contributed by atoms with Gasteiger partial charge in [0.15, 0.2) is 0 Å². The highest BCUT2D eigenvalue weighted by molar-refractivity contribution is 5.77. The van der Waals surface area contributed by atoms with E-state index < -0.39 is 59.9 Å². The van der Waals surface area contributed by atoms with Gasteiger partial charge >= 0.3 is 59.9 Å². The van der Waals surface area contributed by atoms with Crippen LogP contribution in [0.2, 0.25) is 0 Å². The number of carboxylic acids is 1. The van der Waals surface area contributed by atoms with Gasteiger partial charge in [-0.1, -0.05) is 0 Å². The van der Waals surface area contributed by atoms with Crippen molar-refractivity contribution >= 4 is 5.97 Å². The van der Waals surface area contributed by atoms with Gasteiger partial charge in [-0.15, -0.1) is 0 Å². The highest BCUT2D eigenvalue weighted by Crippen LogP contribution is 2.60. The molecular weight excluding hydrogens is 529 g/mol. The van der Waals surface area contributed by atoms with Crippen LogP contribution in [0.25, 0.3) is 0 Å². The quantitative estimate of drug-likeness (QED) is 0.393. The van der Waals surface area contributed by atoms with Gasteiger partial charge in [0.05, 0.1) is 0 Å². The van der Waals surface area contributed by atoms with Crippen molar-refractivity contribution in [2.24, 2.45) is 0 Å². The van der Waals surface area contributed by atoms with E-state index in [0.29, 0.717) is 0 Å². The number of hydrogen-bond acceptors (Lipinski definition) is 2. The third kappa shape index (κ3) is 3.86. The lowest BCUT2D eigenvalue weighted by Gasteiger charge is -2.40. The predicted molar refractivity (Wildman–Crippen MR) is 54.4 cm³/mol. The fourth-order valence-electron chi connectivity index (χ4n) is 1.36. The molecule has 22 heteroatoms. The lowest BCUT2D eigenvalue weighted by atomic mass is 9.97.